The molecule has 4 nitrogen and oxygen atoms in total. The number of aliphatic carboxylic acids is 1. The van der Waals surface area contributed by atoms with Gasteiger partial charge in [0.05, 0.1) is 11.9 Å². The maximum Gasteiger partial charge on any atom is 0.303 e. The van der Waals surface area contributed by atoms with Gasteiger partial charge >= 0.3 is 5.97 Å². The topological polar surface area (TPSA) is 67.3 Å². The third kappa shape index (κ3) is 2.71. The molecule has 0 spiro atoms. The second-order valence-corrected chi connectivity index (χ2v) is 4.18. The first-order valence-electron chi connectivity index (χ1n) is 5.68. The summed E-state index contributed by atoms with van der Waals surface area (Å²) in [5.41, 5.74) is 2.30. The number of rotatable bonds is 4. The van der Waals surface area contributed by atoms with Crippen molar-refractivity contribution in [2.24, 2.45) is 0 Å². The Morgan fingerprint density at radius 2 is 1.94 bits per heavy atom. The van der Waals surface area contributed by atoms with E-state index in [0.29, 0.717) is 5.56 Å². The van der Waals surface area contributed by atoms with Gasteiger partial charge in [0.1, 0.15) is 0 Å². The van der Waals surface area contributed by atoms with Crippen molar-refractivity contribution in [2.45, 2.75) is 19.8 Å². The van der Waals surface area contributed by atoms with Gasteiger partial charge in [-0.15, -0.1) is 0 Å². The molecule has 1 N–H and O–H groups in total. The van der Waals surface area contributed by atoms with Crippen LogP contribution in [0.15, 0.2) is 30.3 Å². The number of hydrogen-bond acceptors (Lipinski definition) is 3. The highest BCUT2D eigenvalue weighted by Gasteiger charge is 2.09. The molecule has 2 aromatic rings. The van der Waals surface area contributed by atoms with Gasteiger partial charge in [-0.25, -0.2) is 0 Å². The van der Waals surface area contributed by atoms with Crippen LogP contribution >= 0.6 is 0 Å². The molecule has 0 radical (unpaired) electrons. The van der Waals surface area contributed by atoms with E-state index in [-0.39, 0.29) is 18.6 Å². The second kappa shape index (κ2) is 4.96. The summed E-state index contributed by atoms with van der Waals surface area (Å²) < 4.78 is 0. The molecule has 1 aromatic heterocycles. The molecule has 92 valence electrons. The third-order valence-corrected chi connectivity index (χ3v) is 2.72. The number of aromatic nitrogens is 1. The van der Waals surface area contributed by atoms with Crippen molar-refractivity contribution in [3.63, 3.8) is 0 Å². The quantitative estimate of drug-likeness (QED) is 0.838. The summed E-state index contributed by atoms with van der Waals surface area (Å²) in [5, 5.41) is 9.44. The molecule has 0 amide bonds. The molecule has 18 heavy (non-hydrogen) atoms. The van der Waals surface area contributed by atoms with Crippen LogP contribution in [0.2, 0.25) is 0 Å². The van der Waals surface area contributed by atoms with Gasteiger partial charge in [-0.05, 0) is 31.2 Å². The number of carbonyl (C=O) groups is 2. The highest BCUT2D eigenvalue weighted by atomic mass is 16.4. The van der Waals surface area contributed by atoms with Crippen LogP contribution in [0.5, 0.6) is 0 Å². The largest absolute Gasteiger partial charge is 0.481 e. The van der Waals surface area contributed by atoms with E-state index in [4.69, 9.17) is 5.11 Å². The number of aryl methyl sites for hydroxylation is 1. The normalized spacial score (nSPS) is 10.5. The zero-order valence-corrected chi connectivity index (χ0v) is 10.0. The molecular weight excluding hydrogens is 230 g/mol. The van der Waals surface area contributed by atoms with E-state index in [0.717, 1.165) is 16.6 Å². The molecule has 1 heterocycles. The van der Waals surface area contributed by atoms with Gasteiger partial charge < -0.3 is 5.11 Å². The molecular formula is C14H13NO3. The monoisotopic (exact) mass is 243 g/mol. The maximum absolute atomic E-state index is 11.8. The Labute approximate surface area is 104 Å². The molecule has 0 aliphatic rings. The van der Waals surface area contributed by atoms with Crippen molar-refractivity contribution >= 4 is 22.7 Å². The molecule has 0 atom stereocenters. The summed E-state index contributed by atoms with van der Waals surface area (Å²) in [6.45, 7) is 1.91. The van der Waals surface area contributed by atoms with Crippen LogP contribution in [0.4, 0.5) is 0 Å². The fraction of sp³-hybridized carbons (Fsp3) is 0.214. The Bertz CT molecular complexity index is 619. The first-order chi connectivity index (χ1) is 8.56. The van der Waals surface area contributed by atoms with E-state index >= 15 is 0 Å². The van der Waals surface area contributed by atoms with Gasteiger partial charge in [0, 0.05) is 23.1 Å². The Kier molecular flexibility index (Phi) is 3.37. The predicted molar refractivity (Wildman–Crippen MR) is 67.7 cm³/mol. The van der Waals surface area contributed by atoms with E-state index in [1.165, 1.54) is 0 Å². The fourth-order valence-electron chi connectivity index (χ4n) is 1.77. The van der Waals surface area contributed by atoms with Gasteiger partial charge in [-0.1, -0.05) is 6.07 Å². The number of carbonyl (C=O) groups excluding carboxylic acids is 1. The number of benzene rings is 1. The summed E-state index contributed by atoms with van der Waals surface area (Å²) in [7, 11) is 0. The minimum Gasteiger partial charge on any atom is -0.481 e. The zero-order valence-electron chi connectivity index (χ0n) is 10.0. The van der Waals surface area contributed by atoms with E-state index in [2.05, 4.69) is 4.98 Å². The number of hydrogen-bond donors (Lipinski definition) is 1. The molecule has 2 rings (SSSR count). The van der Waals surface area contributed by atoms with Gasteiger partial charge in [0.2, 0.25) is 0 Å². The lowest BCUT2D eigenvalue weighted by atomic mass is 10.0. The van der Waals surface area contributed by atoms with Crippen LogP contribution in [-0.4, -0.2) is 21.8 Å². The average Bonchev–Trinajstić information content (AvgIpc) is 2.35. The molecule has 0 bridgehead atoms. The van der Waals surface area contributed by atoms with Gasteiger partial charge in [0.25, 0.3) is 0 Å². The number of Topliss-reactive ketones (excluding diaryl/α,β-unsaturated/α-hetero) is 1. The predicted octanol–water partition coefficient (Wildman–Crippen LogP) is 2.59. The molecule has 0 aliphatic heterocycles. The number of carboxylic acid groups (broad SMARTS) is 1. The Hall–Kier alpha value is -2.23. The molecule has 0 saturated heterocycles. The number of carboxylic acids is 1. The highest BCUT2D eigenvalue weighted by Crippen LogP contribution is 2.16. The van der Waals surface area contributed by atoms with Crippen molar-refractivity contribution < 1.29 is 14.7 Å². The third-order valence-electron chi connectivity index (χ3n) is 2.72. The van der Waals surface area contributed by atoms with E-state index in [1.54, 1.807) is 18.2 Å². The SMILES string of the molecule is Cc1ccc2cc(C(=O)CCC(=O)O)ccc2n1. The van der Waals surface area contributed by atoms with Crippen molar-refractivity contribution in [1.29, 1.82) is 0 Å². The summed E-state index contributed by atoms with van der Waals surface area (Å²) in [5.74, 6) is -1.11. The van der Waals surface area contributed by atoms with Gasteiger partial charge in [-0.3, -0.25) is 14.6 Å². The molecule has 4 heteroatoms. The number of nitrogens with zero attached hydrogens (tertiary/aromatic N) is 1. The summed E-state index contributed by atoms with van der Waals surface area (Å²) in [6, 6.07) is 9.03. The van der Waals surface area contributed by atoms with E-state index in [1.807, 2.05) is 19.1 Å². The smallest absolute Gasteiger partial charge is 0.303 e. The van der Waals surface area contributed by atoms with Crippen molar-refractivity contribution in [1.82, 2.24) is 4.98 Å². The first kappa shape index (κ1) is 12.2. The standard InChI is InChI=1S/C14H13NO3/c1-9-2-3-10-8-11(4-5-12(10)15-9)13(16)6-7-14(17)18/h2-5,8H,6-7H2,1H3,(H,17,18). The van der Waals surface area contributed by atoms with Crippen LogP contribution < -0.4 is 0 Å². The molecule has 0 fully saturated rings. The lowest BCUT2D eigenvalue weighted by Gasteiger charge is -2.03. The lowest BCUT2D eigenvalue weighted by molar-refractivity contribution is -0.136. The van der Waals surface area contributed by atoms with Crippen LogP contribution in [0, 0.1) is 6.92 Å². The van der Waals surface area contributed by atoms with Crippen LogP contribution in [-0.2, 0) is 4.79 Å². The van der Waals surface area contributed by atoms with E-state index in [9.17, 15) is 9.59 Å². The fourth-order valence-corrected chi connectivity index (χ4v) is 1.77. The first-order valence-corrected chi connectivity index (χ1v) is 5.68. The van der Waals surface area contributed by atoms with Crippen molar-refractivity contribution in [3.05, 3.63) is 41.6 Å². The van der Waals surface area contributed by atoms with Crippen molar-refractivity contribution in [2.75, 3.05) is 0 Å². The van der Waals surface area contributed by atoms with Gasteiger partial charge in [-0.2, -0.15) is 0 Å². The summed E-state index contributed by atoms with van der Waals surface area (Å²) in [4.78, 5) is 26.5. The molecule has 0 unspecified atom stereocenters. The number of fused-ring (bicyclic) bond motifs is 1. The molecule has 1 aromatic carbocycles. The Morgan fingerprint density at radius 3 is 2.67 bits per heavy atom. The number of pyridine rings is 1. The van der Waals surface area contributed by atoms with Crippen LogP contribution in [0.1, 0.15) is 28.9 Å². The average molecular weight is 243 g/mol. The van der Waals surface area contributed by atoms with Crippen molar-refractivity contribution in [3.8, 4) is 0 Å². The minimum absolute atomic E-state index is 0.0279. The zero-order chi connectivity index (χ0) is 13.1. The Morgan fingerprint density at radius 1 is 1.17 bits per heavy atom. The maximum atomic E-state index is 11.8. The van der Waals surface area contributed by atoms with Crippen LogP contribution in [0.3, 0.4) is 0 Å². The lowest BCUT2D eigenvalue weighted by Crippen LogP contribution is -2.03. The Balaban J connectivity index is 2.27. The summed E-state index contributed by atoms with van der Waals surface area (Å²) in [6.07, 6.45) is -0.108. The summed E-state index contributed by atoms with van der Waals surface area (Å²) >= 11 is 0. The molecule has 0 aliphatic carbocycles. The highest BCUT2D eigenvalue weighted by molar-refractivity contribution is 6.00. The molecule has 0 saturated carbocycles. The van der Waals surface area contributed by atoms with E-state index < -0.39 is 5.97 Å². The minimum atomic E-state index is -0.957. The number of ketones is 1. The second-order valence-electron chi connectivity index (χ2n) is 4.18. The van der Waals surface area contributed by atoms with Gasteiger partial charge in [0.15, 0.2) is 5.78 Å². The van der Waals surface area contributed by atoms with Crippen LogP contribution in [0.25, 0.3) is 10.9 Å².